The Morgan fingerprint density at radius 2 is 2.21 bits per heavy atom. The number of rotatable bonds is 4. The van der Waals surface area contributed by atoms with Crippen molar-refractivity contribution in [3.8, 4) is 0 Å². The van der Waals surface area contributed by atoms with Crippen LogP contribution in [0.3, 0.4) is 0 Å². The zero-order valence-corrected chi connectivity index (χ0v) is 9.36. The molecule has 4 nitrogen and oxygen atoms in total. The Labute approximate surface area is 85.5 Å². The maximum atomic E-state index is 11.6. The molecule has 1 saturated carbocycles. The van der Waals surface area contributed by atoms with E-state index in [0.29, 0.717) is 6.54 Å². The lowest BCUT2D eigenvalue weighted by molar-refractivity contribution is 0.409. The van der Waals surface area contributed by atoms with Crippen molar-refractivity contribution >= 4 is 10.0 Å². The molecule has 2 aliphatic rings. The van der Waals surface area contributed by atoms with Crippen molar-refractivity contribution in [2.24, 2.45) is 0 Å². The minimum atomic E-state index is -3.00. The van der Waals surface area contributed by atoms with Gasteiger partial charge in [0.1, 0.15) is 0 Å². The first-order valence-corrected chi connectivity index (χ1v) is 6.80. The van der Waals surface area contributed by atoms with Crippen molar-refractivity contribution in [1.29, 1.82) is 0 Å². The summed E-state index contributed by atoms with van der Waals surface area (Å²) in [7, 11) is -3.00. The first-order valence-electron chi connectivity index (χ1n) is 5.25. The lowest BCUT2D eigenvalue weighted by Crippen LogP contribution is -2.47. The second-order valence-electron chi connectivity index (χ2n) is 4.66. The third kappa shape index (κ3) is 2.27. The van der Waals surface area contributed by atoms with Gasteiger partial charge in [-0.1, -0.05) is 0 Å². The molecular weight excluding hydrogens is 200 g/mol. The van der Waals surface area contributed by atoms with Crippen molar-refractivity contribution in [3.63, 3.8) is 0 Å². The van der Waals surface area contributed by atoms with E-state index >= 15 is 0 Å². The van der Waals surface area contributed by atoms with E-state index in [0.717, 1.165) is 32.2 Å². The summed E-state index contributed by atoms with van der Waals surface area (Å²) in [6.07, 6.45) is 3.86. The minimum Gasteiger partial charge on any atom is -0.310 e. The number of hydrogen-bond acceptors (Lipinski definition) is 3. The second-order valence-corrected chi connectivity index (χ2v) is 6.70. The summed E-state index contributed by atoms with van der Waals surface area (Å²) in [5.74, 6) is 0. The Morgan fingerprint density at radius 1 is 1.50 bits per heavy atom. The lowest BCUT2D eigenvalue weighted by Gasteiger charge is -2.24. The molecule has 0 spiro atoms. The zero-order valence-electron chi connectivity index (χ0n) is 8.54. The van der Waals surface area contributed by atoms with Crippen LogP contribution < -0.4 is 10.0 Å². The molecule has 2 N–H and O–H groups in total. The molecule has 14 heavy (non-hydrogen) atoms. The number of sulfonamides is 1. The largest absolute Gasteiger partial charge is 0.310 e. The van der Waals surface area contributed by atoms with Crippen LogP contribution in [-0.4, -0.2) is 32.3 Å². The highest BCUT2D eigenvalue weighted by Gasteiger charge is 2.37. The molecule has 0 aromatic carbocycles. The molecule has 0 amide bonds. The van der Waals surface area contributed by atoms with Gasteiger partial charge in [-0.2, -0.15) is 0 Å². The Morgan fingerprint density at radius 3 is 2.71 bits per heavy atom. The molecule has 0 aromatic rings. The maximum Gasteiger partial charge on any atom is 0.214 e. The molecule has 1 heterocycles. The van der Waals surface area contributed by atoms with Crippen molar-refractivity contribution in [2.45, 2.75) is 43.4 Å². The molecule has 1 aliphatic carbocycles. The molecule has 1 aliphatic heterocycles. The predicted octanol–water partition coefficient (Wildman–Crippen LogP) is 0.210. The first kappa shape index (κ1) is 10.4. The highest BCUT2D eigenvalue weighted by Crippen LogP contribution is 2.28. The van der Waals surface area contributed by atoms with E-state index in [1.807, 2.05) is 0 Å². The van der Waals surface area contributed by atoms with Crippen LogP contribution in [-0.2, 0) is 10.0 Å². The standard InChI is InChI=1S/C9H18N2O2S/c1-9(5-2-6-10-9)7-11-14(12,13)8-3-4-8/h8,10-11H,2-7H2,1H3. The minimum absolute atomic E-state index is 0.0258. The molecular formula is C9H18N2O2S. The van der Waals surface area contributed by atoms with Gasteiger partial charge in [0, 0.05) is 12.1 Å². The summed E-state index contributed by atoms with van der Waals surface area (Å²) in [6, 6.07) is 0. The number of nitrogens with one attached hydrogen (secondary N) is 2. The van der Waals surface area contributed by atoms with E-state index in [1.165, 1.54) is 0 Å². The number of hydrogen-bond donors (Lipinski definition) is 2. The SMILES string of the molecule is CC1(CNS(=O)(=O)C2CC2)CCCN1. The van der Waals surface area contributed by atoms with Gasteiger partial charge in [0.15, 0.2) is 0 Å². The van der Waals surface area contributed by atoms with Crippen molar-refractivity contribution in [2.75, 3.05) is 13.1 Å². The Balaban J connectivity index is 1.86. The molecule has 82 valence electrons. The Bertz CT molecular complexity index is 303. The lowest BCUT2D eigenvalue weighted by atomic mass is 10.0. The van der Waals surface area contributed by atoms with Crippen LogP contribution in [0.15, 0.2) is 0 Å². The van der Waals surface area contributed by atoms with Crippen LogP contribution in [0.2, 0.25) is 0 Å². The molecule has 2 rings (SSSR count). The van der Waals surface area contributed by atoms with Crippen LogP contribution in [0.5, 0.6) is 0 Å². The monoisotopic (exact) mass is 218 g/mol. The third-order valence-electron chi connectivity index (χ3n) is 3.08. The highest BCUT2D eigenvalue weighted by atomic mass is 32.2. The van der Waals surface area contributed by atoms with Crippen LogP contribution in [0.4, 0.5) is 0 Å². The second kappa shape index (κ2) is 3.47. The summed E-state index contributed by atoms with van der Waals surface area (Å²) in [4.78, 5) is 0. The van der Waals surface area contributed by atoms with Gasteiger partial charge < -0.3 is 5.32 Å². The summed E-state index contributed by atoms with van der Waals surface area (Å²) in [5, 5.41) is 3.23. The fourth-order valence-electron chi connectivity index (χ4n) is 1.86. The van der Waals surface area contributed by atoms with Crippen LogP contribution >= 0.6 is 0 Å². The Kier molecular flexibility index (Phi) is 2.57. The fraction of sp³-hybridized carbons (Fsp3) is 1.00. The normalized spacial score (nSPS) is 33.5. The molecule has 1 unspecified atom stereocenters. The van der Waals surface area contributed by atoms with E-state index < -0.39 is 10.0 Å². The Hall–Kier alpha value is -0.130. The molecule has 0 radical (unpaired) electrons. The third-order valence-corrected chi connectivity index (χ3v) is 4.98. The van der Waals surface area contributed by atoms with Gasteiger partial charge in [0.2, 0.25) is 10.0 Å². The van der Waals surface area contributed by atoms with Gasteiger partial charge in [-0.25, -0.2) is 13.1 Å². The summed E-state index contributed by atoms with van der Waals surface area (Å²) >= 11 is 0. The van der Waals surface area contributed by atoms with Gasteiger partial charge in [0.05, 0.1) is 5.25 Å². The smallest absolute Gasteiger partial charge is 0.214 e. The maximum absolute atomic E-state index is 11.6. The van der Waals surface area contributed by atoms with Crippen LogP contribution in [0.25, 0.3) is 0 Å². The molecule has 0 aromatic heterocycles. The van der Waals surface area contributed by atoms with E-state index in [2.05, 4.69) is 17.0 Å². The van der Waals surface area contributed by atoms with E-state index in [4.69, 9.17) is 0 Å². The van der Waals surface area contributed by atoms with Gasteiger partial charge in [-0.15, -0.1) is 0 Å². The van der Waals surface area contributed by atoms with Crippen molar-refractivity contribution in [3.05, 3.63) is 0 Å². The molecule has 5 heteroatoms. The van der Waals surface area contributed by atoms with Gasteiger partial charge in [0.25, 0.3) is 0 Å². The van der Waals surface area contributed by atoms with Crippen molar-refractivity contribution < 1.29 is 8.42 Å². The average Bonchev–Trinajstić information content (AvgIpc) is 2.89. The zero-order chi connectivity index (χ0) is 10.2. The summed E-state index contributed by atoms with van der Waals surface area (Å²) in [5.41, 5.74) is -0.0258. The molecule has 0 bridgehead atoms. The molecule has 1 atom stereocenters. The van der Waals surface area contributed by atoms with Gasteiger partial charge in [-0.05, 0) is 39.2 Å². The average molecular weight is 218 g/mol. The first-order chi connectivity index (χ1) is 6.52. The molecule has 1 saturated heterocycles. The topological polar surface area (TPSA) is 58.2 Å². The fourth-order valence-corrected chi connectivity index (χ4v) is 3.38. The van der Waals surface area contributed by atoms with Gasteiger partial charge in [-0.3, -0.25) is 0 Å². The van der Waals surface area contributed by atoms with Crippen LogP contribution in [0, 0.1) is 0 Å². The van der Waals surface area contributed by atoms with E-state index in [-0.39, 0.29) is 10.8 Å². The van der Waals surface area contributed by atoms with Crippen LogP contribution in [0.1, 0.15) is 32.6 Å². The van der Waals surface area contributed by atoms with E-state index in [9.17, 15) is 8.42 Å². The van der Waals surface area contributed by atoms with Crippen molar-refractivity contribution in [1.82, 2.24) is 10.0 Å². The molecule has 2 fully saturated rings. The highest BCUT2D eigenvalue weighted by molar-refractivity contribution is 7.90. The summed E-state index contributed by atoms with van der Waals surface area (Å²) in [6.45, 7) is 3.61. The van der Waals surface area contributed by atoms with Gasteiger partial charge >= 0.3 is 0 Å². The van der Waals surface area contributed by atoms with E-state index in [1.54, 1.807) is 0 Å². The summed E-state index contributed by atoms with van der Waals surface area (Å²) < 4.78 is 25.8. The quantitative estimate of drug-likeness (QED) is 0.709. The predicted molar refractivity (Wildman–Crippen MR) is 55.6 cm³/mol.